The number of hydrogen-bond acceptors (Lipinski definition) is 15. The van der Waals surface area contributed by atoms with Crippen molar-refractivity contribution in [2.24, 2.45) is 5.92 Å². The molecule has 20 nitrogen and oxygen atoms in total. The topological polar surface area (TPSA) is 286 Å². The number of rotatable bonds is 16. The highest BCUT2D eigenvalue weighted by atomic mass is 32.2. The van der Waals surface area contributed by atoms with Crippen molar-refractivity contribution in [1.82, 2.24) is 25.6 Å². The Labute approximate surface area is 351 Å². The fourth-order valence-corrected chi connectivity index (χ4v) is 7.34. The van der Waals surface area contributed by atoms with Gasteiger partial charge in [0.2, 0.25) is 23.6 Å². The van der Waals surface area contributed by atoms with Crippen molar-refractivity contribution in [2.75, 3.05) is 13.2 Å². The van der Waals surface area contributed by atoms with E-state index in [4.69, 9.17) is 18.9 Å². The highest BCUT2D eigenvalue weighted by Crippen LogP contribution is 2.29. The van der Waals surface area contributed by atoms with Crippen LogP contribution in [0.5, 0.6) is 0 Å². The quantitative estimate of drug-likeness (QED) is 0.109. The smallest absolute Gasteiger partial charge is 0.408 e. The van der Waals surface area contributed by atoms with Gasteiger partial charge in [-0.15, -0.1) is 0 Å². The Morgan fingerprint density at radius 1 is 0.800 bits per heavy atom. The zero-order valence-corrected chi connectivity index (χ0v) is 37.1. The van der Waals surface area contributed by atoms with Crippen molar-refractivity contribution in [1.29, 1.82) is 0 Å². The summed E-state index contributed by atoms with van der Waals surface area (Å²) in [6.07, 6.45) is -9.66. The number of benzene rings is 1. The molecule has 1 heterocycles. The predicted molar refractivity (Wildman–Crippen MR) is 214 cm³/mol. The molecule has 0 saturated carbocycles. The Hall–Kier alpha value is -4.41. The highest BCUT2D eigenvalue weighted by Gasteiger charge is 2.52. The Bertz CT molecular complexity index is 1770. The van der Waals surface area contributed by atoms with Crippen molar-refractivity contribution in [3.63, 3.8) is 0 Å². The van der Waals surface area contributed by atoms with Gasteiger partial charge in [0.1, 0.15) is 47.6 Å². The molecule has 0 bridgehead atoms. The molecule has 0 radical (unpaired) electrons. The van der Waals surface area contributed by atoms with E-state index in [1.807, 2.05) is 0 Å². The minimum Gasteiger partial charge on any atom is -0.458 e. The van der Waals surface area contributed by atoms with Crippen LogP contribution >= 0.6 is 0 Å². The number of nitrogens with one attached hydrogen (secondary N) is 4. The maximum Gasteiger partial charge on any atom is 0.408 e. The van der Waals surface area contributed by atoms with E-state index in [0.717, 1.165) is 6.92 Å². The van der Waals surface area contributed by atoms with Gasteiger partial charge < -0.3 is 55.5 Å². The highest BCUT2D eigenvalue weighted by molar-refractivity contribution is 7.89. The third kappa shape index (κ3) is 15.6. The summed E-state index contributed by atoms with van der Waals surface area (Å²) in [6, 6.07) is 0.131. The summed E-state index contributed by atoms with van der Waals surface area (Å²) >= 11 is 0. The number of carbonyl (C=O) groups is 6. The van der Waals surface area contributed by atoms with Gasteiger partial charge in [-0.25, -0.2) is 22.3 Å². The van der Waals surface area contributed by atoms with Crippen LogP contribution < -0.4 is 21.3 Å². The van der Waals surface area contributed by atoms with E-state index < -0.39 is 130 Å². The number of amides is 5. The number of alkyl carbamates (subject to hydrolysis) is 1. The van der Waals surface area contributed by atoms with E-state index in [1.54, 1.807) is 76.2 Å². The molecule has 1 saturated heterocycles. The van der Waals surface area contributed by atoms with Gasteiger partial charge in [0.25, 0.3) is 10.0 Å². The minimum absolute atomic E-state index is 0.237. The lowest BCUT2D eigenvalue weighted by Gasteiger charge is -2.46. The molecule has 21 heteroatoms. The van der Waals surface area contributed by atoms with Gasteiger partial charge in [0, 0.05) is 6.92 Å². The average Bonchev–Trinajstić information content (AvgIpc) is 3.09. The fourth-order valence-electron chi connectivity index (χ4n) is 5.72. The molecule has 0 spiro atoms. The predicted octanol–water partition coefficient (Wildman–Crippen LogP) is 0.213. The maximum absolute atomic E-state index is 14.0. The van der Waals surface area contributed by atoms with Crippen LogP contribution in [0.15, 0.2) is 35.2 Å². The number of hydrogen-bond donors (Lipinski definition) is 7. The molecular formula is C39H63N5O15S. The van der Waals surface area contributed by atoms with Gasteiger partial charge in [0.05, 0.1) is 30.1 Å². The van der Waals surface area contributed by atoms with Crippen LogP contribution in [0, 0.1) is 5.92 Å². The molecule has 5 amide bonds. The molecule has 340 valence electrons. The molecule has 1 aromatic rings. The van der Waals surface area contributed by atoms with Crippen molar-refractivity contribution in [3.8, 4) is 0 Å². The number of esters is 1. The molecule has 1 aromatic carbocycles. The summed E-state index contributed by atoms with van der Waals surface area (Å²) < 4.78 is 50.0. The lowest BCUT2D eigenvalue weighted by molar-refractivity contribution is -0.213. The van der Waals surface area contributed by atoms with Gasteiger partial charge >= 0.3 is 12.1 Å². The molecule has 1 fully saturated rings. The number of nitrogens with zero attached hydrogens (tertiary/aromatic N) is 1. The first-order valence-corrected chi connectivity index (χ1v) is 20.8. The van der Waals surface area contributed by atoms with Gasteiger partial charge in [-0.1, -0.05) is 32.0 Å². The van der Waals surface area contributed by atoms with E-state index in [0.29, 0.717) is 0 Å². The number of carbonyl (C=O) groups excluding carboxylic acids is 6. The van der Waals surface area contributed by atoms with Gasteiger partial charge in [-0.3, -0.25) is 19.2 Å². The third-order valence-electron chi connectivity index (χ3n) is 8.41. The lowest BCUT2D eigenvalue weighted by atomic mass is 9.95. The Morgan fingerprint density at radius 2 is 1.37 bits per heavy atom. The Balaban J connectivity index is 2.51. The normalized spacial score (nSPS) is 21.4. The number of aliphatic hydroxyl groups is 3. The minimum atomic E-state index is -4.78. The second-order valence-corrected chi connectivity index (χ2v) is 19.4. The summed E-state index contributed by atoms with van der Waals surface area (Å²) in [5, 5.41) is 41.5. The monoisotopic (exact) mass is 873 g/mol. The summed E-state index contributed by atoms with van der Waals surface area (Å²) in [5.74, 6) is -5.63. The Morgan fingerprint density at radius 3 is 1.85 bits per heavy atom. The second kappa shape index (κ2) is 20.9. The van der Waals surface area contributed by atoms with Gasteiger partial charge in [0.15, 0.2) is 12.3 Å². The van der Waals surface area contributed by atoms with Crippen LogP contribution in [0.3, 0.4) is 0 Å². The zero-order valence-electron chi connectivity index (χ0n) is 36.3. The van der Waals surface area contributed by atoms with Crippen molar-refractivity contribution >= 4 is 45.7 Å². The molecule has 7 N–H and O–H groups in total. The average molecular weight is 874 g/mol. The van der Waals surface area contributed by atoms with E-state index in [1.165, 1.54) is 30.3 Å². The van der Waals surface area contributed by atoms with Crippen molar-refractivity contribution in [3.05, 3.63) is 30.3 Å². The number of sulfonamides is 1. The Kier molecular flexibility index (Phi) is 18.0. The molecule has 2 rings (SSSR count). The van der Waals surface area contributed by atoms with Crippen LogP contribution in [0.1, 0.15) is 89.5 Å². The van der Waals surface area contributed by atoms with Crippen molar-refractivity contribution in [2.45, 2.75) is 160 Å². The fraction of sp³-hybridized carbons (Fsp3) is 0.692. The molecule has 8 atom stereocenters. The first-order valence-electron chi connectivity index (χ1n) is 19.4. The third-order valence-corrected chi connectivity index (χ3v) is 10.3. The SMILES string of the molecule is CC(=O)N([C@@H]1[C@@H](O)[C@H](O)[C@@H](CO)O[C@H]1NC(=O)C[C@H](NC(=O)OC(C)(C)C)C(=O)N[C@H](C(=O)N[C@@H](COC(C)(C)C)C(=O)OC(C)(C)C)C(C)C)S(=O)(=O)c1ccccc1. The van der Waals surface area contributed by atoms with Gasteiger partial charge in [-0.2, -0.15) is 0 Å². The summed E-state index contributed by atoms with van der Waals surface area (Å²) in [6.45, 7) is 17.6. The summed E-state index contributed by atoms with van der Waals surface area (Å²) in [5.41, 5.74) is -2.70. The second-order valence-electron chi connectivity index (χ2n) is 17.6. The van der Waals surface area contributed by atoms with Crippen LogP contribution in [0.25, 0.3) is 0 Å². The standard InChI is InChI=1S/C39H63N5O15S/c1-21(2)28(33(51)40-25(20-56-37(4,5)6)35(52)58-38(7,8)9)43-32(50)24(41-36(53)59-39(10,11)12)18-27(47)42-34-29(31(49)30(48)26(19-45)57-34)44(22(3)46)60(54,55)23-16-14-13-15-17-23/h13-17,21,24-26,28-31,34,45,48-49H,18-20H2,1-12H3,(H,40,51)(H,41,53)(H,42,47)(H,43,50)/t24-,25-,26+,28-,29+,30+,31+,34+/m0/s1. The molecular weight excluding hydrogens is 811 g/mol. The number of aliphatic hydroxyl groups excluding tert-OH is 3. The molecule has 1 aliphatic rings. The zero-order chi connectivity index (χ0) is 46.1. The lowest BCUT2D eigenvalue weighted by Crippen LogP contribution is -2.69. The molecule has 0 unspecified atom stereocenters. The first-order chi connectivity index (χ1) is 27.4. The molecule has 0 aromatic heterocycles. The maximum atomic E-state index is 14.0. The molecule has 0 aliphatic carbocycles. The van der Waals surface area contributed by atoms with Crippen LogP contribution in [0.4, 0.5) is 4.79 Å². The molecule has 60 heavy (non-hydrogen) atoms. The van der Waals surface area contributed by atoms with E-state index in [2.05, 4.69) is 21.3 Å². The van der Waals surface area contributed by atoms with Crippen LogP contribution in [-0.2, 0) is 52.9 Å². The van der Waals surface area contributed by atoms with E-state index in [9.17, 15) is 52.5 Å². The van der Waals surface area contributed by atoms with E-state index in [-0.39, 0.29) is 15.8 Å². The van der Waals surface area contributed by atoms with Crippen molar-refractivity contribution < 1.29 is 71.5 Å². The first kappa shape index (κ1) is 51.7. The van der Waals surface area contributed by atoms with Crippen LogP contribution in [-0.4, -0.2) is 142 Å². The largest absolute Gasteiger partial charge is 0.458 e. The number of ether oxygens (including phenoxy) is 4. The van der Waals surface area contributed by atoms with Crippen LogP contribution in [0.2, 0.25) is 0 Å². The molecule has 1 aliphatic heterocycles. The van der Waals surface area contributed by atoms with E-state index >= 15 is 0 Å². The summed E-state index contributed by atoms with van der Waals surface area (Å²) in [4.78, 5) is 80.3. The summed E-state index contributed by atoms with van der Waals surface area (Å²) in [7, 11) is -4.78. The van der Waals surface area contributed by atoms with Gasteiger partial charge in [-0.05, 0) is 80.4 Å².